The Balaban J connectivity index is 3.11. The van der Waals surface area contributed by atoms with Gasteiger partial charge < -0.3 is 0 Å². The van der Waals surface area contributed by atoms with E-state index in [1.54, 1.807) is 0 Å². The molecule has 0 aliphatic heterocycles. The van der Waals surface area contributed by atoms with E-state index in [0.717, 1.165) is 0 Å². The topological polar surface area (TPSA) is 97.5 Å². The van der Waals surface area contributed by atoms with E-state index >= 15 is 0 Å². The molecule has 1 rings (SSSR count). The van der Waals surface area contributed by atoms with Gasteiger partial charge in [0, 0.05) is 13.6 Å². The van der Waals surface area contributed by atoms with Crippen LogP contribution in [0, 0.1) is 5.41 Å². The molecule has 114 valence electrons. The summed E-state index contributed by atoms with van der Waals surface area (Å²) < 4.78 is 48.1. The molecule has 6 nitrogen and oxygen atoms in total. The second-order valence-corrected chi connectivity index (χ2v) is 9.44. The minimum Gasteiger partial charge on any atom is -0.225 e. The van der Waals surface area contributed by atoms with Crippen LogP contribution in [0.3, 0.4) is 0 Å². The number of hydrogen-bond donors (Lipinski definition) is 1. The molecule has 1 aromatic carbocycles. The van der Waals surface area contributed by atoms with Gasteiger partial charge in [0.25, 0.3) is 0 Å². The van der Waals surface area contributed by atoms with Crippen LogP contribution in [-0.4, -0.2) is 34.7 Å². The van der Waals surface area contributed by atoms with Gasteiger partial charge in [-0.15, -0.1) is 0 Å². The lowest BCUT2D eigenvalue weighted by atomic mass is 9.97. The van der Waals surface area contributed by atoms with Gasteiger partial charge in [-0.3, -0.25) is 0 Å². The molecule has 0 aromatic heterocycles. The van der Waals surface area contributed by atoms with Gasteiger partial charge in [-0.25, -0.2) is 26.3 Å². The SMILES string of the molecule is CN(CC(C)(C)C)S(=O)(=O)c1ccc(S(N)(=O)=O)cc1. The largest absolute Gasteiger partial charge is 0.242 e. The Hall–Kier alpha value is -0.960. The zero-order valence-electron chi connectivity index (χ0n) is 12.0. The maximum Gasteiger partial charge on any atom is 0.242 e. The minimum atomic E-state index is -3.82. The average molecular weight is 320 g/mol. The van der Waals surface area contributed by atoms with Crippen molar-refractivity contribution in [3.05, 3.63) is 24.3 Å². The first kappa shape index (κ1) is 17.1. The van der Waals surface area contributed by atoms with Crippen LogP contribution >= 0.6 is 0 Å². The molecule has 0 bridgehead atoms. The molecule has 0 atom stereocenters. The van der Waals surface area contributed by atoms with Gasteiger partial charge in [-0.2, -0.15) is 0 Å². The predicted octanol–water partition coefficient (Wildman–Crippen LogP) is 1.00. The fraction of sp³-hybridized carbons (Fsp3) is 0.500. The van der Waals surface area contributed by atoms with Crippen molar-refractivity contribution in [2.24, 2.45) is 10.6 Å². The van der Waals surface area contributed by atoms with Crippen molar-refractivity contribution in [2.75, 3.05) is 13.6 Å². The van der Waals surface area contributed by atoms with E-state index in [9.17, 15) is 16.8 Å². The zero-order valence-corrected chi connectivity index (χ0v) is 13.6. The maximum atomic E-state index is 12.3. The number of primary sulfonamides is 1. The summed E-state index contributed by atoms with van der Waals surface area (Å²) in [5, 5.41) is 4.97. The molecule has 0 radical (unpaired) electrons. The molecule has 1 aromatic rings. The van der Waals surface area contributed by atoms with Crippen molar-refractivity contribution in [2.45, 2.75) is 30.6 Å². The van der Waals surface area contributed by atoms with Crippen molar-refractivity contribution in [3.8, 4) is 0 Å². The molecule has 0 saturated carbocycles. The normalized spacial score (nSPS) is 13.7. The summed E-state index contributed by atoms with van der Waals surface area (Å²) >= 11 is 0. The number of rotatable bonds is 4. The monoisotopic (exact) mass is 320 g/mol. The highest BCUT2D eigenvalue weighted by atomic mass is 32.2. The van der Waals surface area contributed by atoms with E-state index in [4.69, 9.17) is 5.14 Å². The summed E-state index contributed by atoms with van der Waals surface area (Å²) in [4.78, 5) is -0.0772. The average Bonchev–Trinajstić information content (AvgIpc) is 2.25. The summed E-state index contributed by atoms with van der Waals surface area (Å²) in [5.41, 5.74) is -0.178. The van der Waals surface area contributed by atoms with Gasteiger partial charge in [0.05, 0.1) is 9.79 Å². The quantitative estimate of drug-likeness (QED) is 0.895. The number of hydrogen-bond acceptors (Lipinski definition) is 4. The molecule has 0 amide bonds. The Labute approximate surface area is 120 Å². The lowest BCUT2D eigenvalue weighted by Crippen LogP contribution is -2.34. The molecule has 0 fully saturated rings. The van der Waals surface area contributed by atoms with E-state index in [0.29, 0.717) is 6.54 Å². The minimum absolute atomic E-state index is 0.0386. The van der Waals surface area contributed by atoms with Gasteiger partial charge in [-0.1, -0.05) is 20.8 Å². The van der Waals surface area contributed by atoms with E-state index in [-0.39, 0.29) is 15.2 Å². The maximum absolute atomic E-state index is 12.3. The van der Waals surface area contributed by atoms with Crippen LogP contribution in [0.15, 0.2) is 34.1 Å². The second kappa shape index (κ2) is 5.44. The van der Waals surface area contributed by atoms with Crippen LogP contribution < -0.4 is 5.14 Å². The van der Waals surface area contributed by atoms with Crippen molar-refractivity contribution in [3.63, 3.8) is 0 Å². The molecule has 0 saturated heterocycles. The van der Waals surface area contributed by atoms with Crippen LogP contribution in [0.25, 0.3) is 0 Å². The lowest BCUT2D eigenvalue weighted by Gasteiger charge is -2.26. The molecular weight excluding hydrogens is 300 g/mol. The Morgan fingerprint density at radius 2 is 1.40 bits per heavy atom. The van der Waals surface area contributed by atoms with E-state index in [2.05, 4.69) is 0 Å². The third kappa shape index (κ3) is 4.27. The van der Waals surface area contributed by atoms with Gasteiger partial charge in [0.15, 0.2) is 0 Å². The second-order valence-electron chi connectivity index (χ2n) is 5.84. The summed E-state index contributed by atoms with van der Waals surface area (Å²) in [6.07, 6.45) is 0. The Morgan fingerprint density at radius 1 is 1.00 bits per heavy atom. The molecule has 0 spiro atoms. The Kier molecular flexibility index (Phi) is 4.65. The highest BCUT2D eigenvalue weighted by Gasteiger charge is 2.25. The molecular formula is C12H20N2O4S2. The number of benzene rings is 1. The first-order valence-electron chi connectivity index (χ1n) is 5.93. The highest BCUT2D eigenvalue weighted by Crippen LogP contribution is 2.21. The summed E-state index contributed by atoms with van der Waals surface area (Å²) in [5.74, 6) is 0. The number of sulfonamides is 2. The summed E-state index contributed by atoms with van der Waals surface area (Å²) in [6, 6.07) is 4.86. The third-order valence-corrected chi connectivity index (χ3v) is 5.30. The van der Waals surface area contributed by atoms with Crippen molar-refractivity contribution in [1.82, 2.24) is 4.31 Å². The van der Waals surface area contributed by atoms with Crippen LogP contribution in [-0.2, 0) is 20.0 Å². The molecule has 0 unspecified atom stereocenters. The van der Waals surface area contributed by atoms with E-state index in [1.165, 1.54) is 35.6 Å². The Morgan fingerprint density at radius 3 is 1.75 bits per heavy atom. The van der Waals surface area contributed by atoms with Gasteiger partial charge >= 0.3 is 0 Å². The fourth-order valence-electron chi connectivity index (χ4n) is 1.73. The lowest BCUT2D eigenvalue weighted by molar-refractivity contribution is 0.311. The summed E-state index contributed by atoms with van der Waals surface area (Å²) in [7, 11) is -5.97. The van der Waals surface area contributed by atoms with Gasteiger partial charge in [0.2, 0.25) is 20.0 Å². The predicted molar refractivity (Wildman–Crippen MR) is 77.1 cm³/mol. The Bertz CT molecular complexity index is 671. The first-order chi connectivity index (χ1) is 8.84. The highest BCUT2D eigenvalue weighted by molar-refractivity contribution is 7.89. The molecule has 0 aliphatic rings. The van der Waals surface area contributed by atoms with E-state index < -0.39 is 20.0 Å². The van der Waals surface area contributed by atoms with Gasteiger partial charge in [-0.05, 0) is 29.7 Å². The van der Waals surface area contributed by atoms with Gasteiger partial charge in [0.1, 0.15) is 0 Å². The van der Waals surface area contributed by atoms with Crippen LogP contribution in [0.4, 0.5) is 0 Å². The van der Waals surface area contributed by atoms with E-state index in [1.807, 2.05) is 20.8 Å². The fourth-order valence-corrected chi connectivity index (χ4v) is 3.65. The van der Waals surface area contributed by atoms with Crippen LogP contribution in [0.1, 0.15) is 20.8 Å². The van der Waals surface area contributed by atoms with Crippen molar-refractivity contribution >= 4 is 20.0 Å². The molecule has 0 heterocycles. The van der Waals surface area contributed by atoms with Crippen molar-refractivity contribution in [1.29, 1.82) is 0 Å². The molecule has 20 heavy (non-hydrogen) atoms. The zero-order chi connectivity index (χ0) is 15.8. The third-order valence-electron chi connectivity index (χ3n) is 2.56. The molecule has 0 aliphatic carbocycles. The number of nitrogens with two attached hydrogens (primary N) is 1. The smallest absolute Gasteiger partial charge is 0.225 e. The number of nitrogens with zero attached hydrogens (tertiary/aromatic N) is 1. The van der Waals surface area contributed by atoms with Crippen molar-refractivity contribution < 1.29 is 16.8 Å². The standard InChI is InChI=1S/C12H20N2O4S2/c1-12(2,3)9-14(4)20(17,18)11-7-5-10(6-8-11)19(13,15)16/h5-8H,9H2,1-4H3,(H2,13,15,16). The summed E-state index contributed by atoms with van der Waals surface area (Å²) in [6.45, 7) is 6.15. The first-order valence-corrected chi connectivity index (χ1v) is 8.92. The molecule has 2 N–H and O–H groups in total. The van der Waals surface area contributed by atoms with Crippen LogP contribution in [0.5, 0.6) is 0 Å². The van der Waals surface area contributed by atoms with Crippen LogP contribution in [0.2, 0.25) is 0 Å². The molecule has 8 heteroatoms.